The van der Waals surface area contributed by atoms with Crippen molar-refractivity contribution in [3.05, 3.63) is 12.2 Å². The van der Waals surface area contributed by atoms with Crippen LogP contribution in [-0.2, 0) is 0 Å². The molecule has 3 nitrogen and oxygen atoms in total. The minimum absolute atomic E-state index is 0.267. The summed E-state index contributed by atoms with van der Waals surface area (Å²) < 4.78 is 0. The van der Waals surface area contributed by atoms with Crippen molar-refractivity contribution in [3.63, 3.8) is 0 Å². The van der Waals surface area contributed by atoms with E-state index < -0.39 is 17.8 Å². The predicted octanol–water partition coefficient (Wildman–Crippen LogP) is 4.94. The van der Waals surface area contributed by atoms with Gasteiger partial charge in [-0.15, -0.1) is 0 Å². The fourth-order valence-corrected chi connectivity index (χ4v) is 8.70. The molecule has 0 unspecified atom stereocenters. The molecule has 4 aliphatic carbocycles. The molecule has 0 radical (unpaired) electrons. The molecule has 0 saturated heterocycles. The lowest BCUT2D eigenvalue weighted by molar-refractivity contribution is -0.264. The standard InChI is InChI=1S/C26H44O3/c1-16(2)6-7-17(3)20-8-9-21-19-14-23(28)26(29)15-18(27)10-13-25(26,5)22(19)11-12-24(20,21)4/h6-7,16-23,27-29H,8-15H2,1-5H3/t17-,18+,19+,20-,21+,22+,23-,24-,25-,26+/m1/s1. The zero-order valence-corrected chi connectivity index (χ0v) is 19.3. The van der Waals surface area contributed by atoms with Gasteiger partial charge >= 0.3 is 0 Å². The van der Waals surface area contributed by atoms with Gasteiger partial charge in [-0.25, -0.2) is 0 Å². The maximum atomic E-state index is 11.6. The second kappa shape index (κ2) is 7.35. The molecule has 0 aromatic heterocycles. The molecule has 3 N–H and O–H groups in total. The number of aliphatic hydroxyl groups is 3. The van der Waals surface area contributed by atoms with Gasteiger partial charge in [0.05, 0.1) is 17.8 Å². The number of hydrogen-bond acceptors (Lipinski definition) is 3. The van der Waals surface area contributed by atoms with Crippen molar-refractivity contribution < 1.29 is 15.3 Å². The van der Waals surface area contributed by atoms with Crippen LogP contribution in [0.25, 0.3) is 0 Å². The van der Waals surface area contributed by atoms with Crippen molar-refractivity contribution in [1.29, 1.82) is 0 Å². The predicted molar refractivity (Wildman–Crippen MR) is 117 cm³/mol. The lowest BCUT2D eigenvalue weighted by Crippen LogP contribution is -2.68. The first-order valence-corrected chi connectivity index (χ1v) is 12.3. The summed E-state index contributed by atoms with van der Waals surface area (Å²) in [5, 5.41) is 33.0. The minimum atomic E-state index is -1.12. The van der Waals surface area contributed by atoms with E-state index >= 15 is 0 Å². The highest BCUT2D eigenvalue weighted by Gasteiger charge is 2.67. The zero-order valence-electron chi connectivity index (χ0n) is 19.3. The summed E-state index contributed by atoms with van der Waals surface area (Å²) in [7, 11) is 0. The van der Waals surface area contributed by atoms with Crippen molar-refractivity contribution >= 4 is 0 Å². The second-order valence-corrected chi connectivity index (χ2v) is 12.1. The van der Waals surface area contributed by atoms with Crippen LogP contribution in [0.2, 0.25) is 0 Å². The lowest BCUT2D eigenvalue weighted by atomic mass is 9.42. The molecule has 0 aromatic rings. The normalized spacial score (nSPS) is 53.6. The summed E-state index contributed by atoms with van der Waals surface area (Å²) in [5.74, 6) is 3.57. The number of hydrogen-bond donors (Lipinski definition) is 3. The number of fused-ring (bicyclic) bond motifs is 5. The van der Waals surface area contributed by atoms with Gasteiger partial charge < -0.3 is 15.3 Å². The SMILES string of the molecule is CC(C)C=C[C@@H](C)[C@H]1CC[C@H]2[C@@H]3C[C@@H](O)[C@@]4(O)C[C@@H](O)CC[C@]4(C)[C@H]3CC[C@]12C. The Kier molecular flexibility index (Phi) is 5.53. The van der Waals surface area contributed by atoms with E-state index in [1.54, 1.807) is 0 Å². The molecule has 0 heterocycles. The molecule has 0 aromatic carbocycles. The lowest BCUT2D eigenvalue weighted by Gasteiger charge is -2.65. The summed E-state index contributed by atoms with van der Waals surface area (Å²) in [6.07, 6.45) is 11.3. The number of rotatable bonds is 3. The molecule has 10 atom stereocenters. The Morgan fingerprint density at radius 1 is 0.897 bits per heavy atom. The first kappa shape index (κ1) is 21.8. The fraction of sp³-hybridized carbons (Fsp3) is 0.923. The van der Waals surface area contributed by atoms with Crippen LogP contribution in [0.3, 0.4) is 0 Å². The molecule has 4 rings (SSSR count). The topological polar surface area (TPSA) is 60.7 Å². The Bertz CT molecular complexity index is 644. The van der Waals surface area contributed by atoms with Crippen LogP contribution in [0.1, 0.15) is 86.0 Å². The Labute approximate surface area is 178 Å². The maximum absolute atomic E-state index is 11.6. The molecule has 4 saturated carbocycles. The Morgan fingerprint density at radius 3 is 2.31 bits per heavy atom. The average molecular weight is 405 g/mol. The van der Waals surface area contributed by atoms with Crippen molar-refractivity contribution in [2.45, 2.75) is 104 Å². The van der Waals surface area contributed by atoms with Crippen LogP contribution in [0.5, 0.6) is 0 Å². The monoisotopic (exact) mass is 404 g/mol. The van der Waals surface area contributed by atoms with Gasteiger partial charge in [-0.2, -0.15) is 0 Å². The molecule has 0 amide bonds. The third-order valence-corrected chi connectivity index (χ3v) is 10.3. The fourth-order valence-electron chi connectivity index (χ4n) is 8.70. The maximum Gasteiger partial charge on any atom is 0.0985 e. The van der Waals surface area contributed by atoms with Gasteiger partial charge in [-0.3, -0.25) is 0 Å². The molecular weight excluding hydrogens is 360 g/mol. The van der Waals surface area contributed by atoms with Crippen molar-refractivity contribution in [2.24, 2.45) is 46.3 Å². The molecule has 4 fully saturated rings. The van der Waals surface area contributed by atoms with E-state index in [0.717, 1.165) is 25.2 Å². The van der Waals surface area contributed by atoms with Gasteiger partial charge in [0.15, 0.2) is 0 Å². The first-order chi connectivity index (χ1) is 13.5. The average Bonchev–Trinajstić information content (AvgIpc) is 3.00. The van der Waals surface area contributed by atoms with Crippen molar-refractivity contribution in [2.75, 3.05) is 0 Å². The van der Waals surface area contributed by atoms with Crippen LogP contribution in [0, 0.1) is 46.3 Å². The molecule has 29 heavy (non-hydrogen) atoms. The molecule has 4 aliphatic rings. The van der Waals surface area contributed by atoms with Gasteiger partial charge in [0, 0.05) is 11.8 Å². The highest BCUT2D eigenvalue weighted by molar-refractivity contribution is 5.17. The van der Waals surface area contributed by atoms with E-state index in [2.05, 4.69) is 46.8 Å². The van der Waals surface area contributed by atoms with Crippen LogP contribution in [0.15, 0.2) is 12.2 Å². The molecule has 0 spiro atoms. The zero-order chi connectivity index (χ0) is 21.2. The summed E-state index contributed by atoms with van der Waals surface area (Å²) in [4.78, 5) is 0. The Hall–Kier alpha value is -0.380. The molecule has 166 valence electrons. The number of allylic oxidation sites excluding steroid dienone is 2. The Morgan fingerprint density at radius 2 is 1.62 bits per heavy atom. The van der Waals surface area contributed by atoms with Gasteiger partial charge in [-0.05, 0) is 85.9 Å². The smallest absolute Gasteiger partial charge is 0.0985 e. The van der Waals surface area contributed by atoms with Crippen LogP contribution in [0.4, 0.5) is 0 Å². The Balaban J connectivity index is 1.61. The van der Waals surface area contributed by atoms with Crippen LogP contribution in [-0.4, -0.2) is 33.1 Å². The third kappa shape index (κ3) is 3.17. The third-order valence-electron chi connectivity index (χ3n) is 10.3. The quantitative estimate of drug-likeness (QED) is 0.584. The summed E-state index contributed by atoms with van der Waals surface area (Å²) in [6.45, 7) is 11.7. The summed E-state index contributed by atoms with van der Waals surface area (Å²) in [5.41, 5.74) is -1.04. The summed E-state index contributed by atoms with van der Waals surface area (Å²) in [6, 6.07) is 0. The van der Waals surface area contributed by atoms with Crippen LogP contribution < -0.4 is 0 Å². The van der Waals surface area contributed by atoms with E-state index in [-0.39, 0.29) is 5.41 Å². The van der Waals surface area contributed by atoms with Crippen molar-refractivity contribution in [1.82, 2.24) is 0 Å². The highest BCUT2D eigenvalue weighted by atomic mass is 16.3. The molecule has 0 bridgehead atoms. The van der Waals surface area contributed by atoms with Gasteiger partial charge in [0.2, 0.25) is 0 Å². The van der Waals surface area contributed by atoms with Crippen LogP contribution >= 0.6 is 0 Å². The molecule has 3 heteroatoms. The van der Waals surface area contributed by atoms with Gasteiger partial charge in [-0.1, -0.05) is 46.8 Å². The van der Waals surface area contributed by atoms with E-state index in [4.69, 9.17) is 0 Å². The largest absolute Gasteiger partial charge is 0.393 e. The van der Waals surface area contributed by atoms with E-state index in [0.29, 0.717) is 47.8 Å². The van der Waals surface area contributed by atoms with E-state index in [1.807, 2.05) is 0 Å². The van der Waals surface area contributed by atoms with E-state index in [1.165, 1.54) is 19.3 Å². The second-order valence-electron chi connectivity index (χ2n) is 12.1. The highest BCUT2D eigenvalue weighted by Crippen LogP contribution is 2.69. The molecular formula is C26H44O3. The van der Waals surface area contributed by atoms with Gasteiger partial charge in [0.25, 0.3) is 0 Å². The van der Waals surface area contributed by atoms with Crippen molar-refractivity contribution in [3.8, 4) is 0 Å². The summed E-state index contributed by atoms with van der Waals surface area (Å²) >= 11 is 0. The minimum Gasteiger partial charge on any atom is -0.393 e. The number of aliphatic hydroxyl groups excluding tert-OH is 2. The first-order valence-electron chi connectivity index (χ1n) is 12.3. The molecule has 0 aliphatic heterocycles. The van der Waals surface area contributed by atoms with Gasteiger partial charge in [0.1, 0.15) is 0 Å². The van der Waals surface area contributed by atoms with E-state index in [9.17, 15) is 15.3 Å².